The summed E-state index contributed by atoms with van der Waals surface area (Å²) in [5, 5.41) is 0. The van der Waals surface area contributed by atoms with E-state index in [9.17, 15) is 4.39 Å². The minimum Gasteiger partial charge on any atom is -0.243 e. The van der Waals surface area contributed by atoms with Crippen molar-refractivity contribution in [2.45, 2.75) is 20.0 Å². The van der Waals surface area contributed by atoms with E-state index in [0.717, 1.165) is 5.57 Å². The van der Waals surface area contributed by atoms with Gasteiger partial charge >= 0.3 is 0 Å². The predicted octanol–water partition coefficient (Wildman–Crippen LogP) is 2.12. The standard InChI is InChI=1S/C6H10F/c1-5(2)4-6(3)7/h4,6H,3H2,1-2H3. The highest BCUT2D eigenvalue weighted by atomic mass is 19.1. The Hall–Kier alpha value is -0.330. The fourth-order valence-electron chi connectivity index (χ4n) is 0.362. The van der Waals surface area contributed by atoms with Crippen molar-refractivity contribution < 1.29 is 4.39 Å². The third-order valence-corrected chi connectivity index (χ3v) is 0.514. The summed E-state index contributed by atoms with van der Waals surface area (Å²) in [6, 6.07) is 0. The lowest BCUT2D eigenvalue weighted by Gasteiger charge is -1.89. The van der Waals surface area contributed by atoms with Crippen LogP contribution in [0.4, 0.5) is 4.39 Å². The van der Waals surface area contributed by atoms with Crippen molar-refractivity contribution in [2.75, 3.05) is 0 Å². The first-order chi connectivity index (χ1) is 3.13. The molecule has 0 N–H and O–H groups in total. The smallest absolute Gasteiger partial charge is 0.119 e. The van der Waals surface area contributed by atoms with E-state index >= 15 is 0 Å². The highest BCUT2D eigenvalue weighted by Gasteiger charge is 1.87. The molecule has 1 unspecified atom stereocenters. The molecule has 0 aromatic heterocycles. The van der Waals surface area contributed by atoms with E-state index < -0.39 is 6.17 Å². The van der Waals surface area contributed by atoms with E-state index in [1.165, 1.54) is 6.08 Å². The molecule has 0 saturated heterocycles. The molecule has 0 aromatic rings. The summed E-state index contributed by atoms with van der Waals surface area (Å²) < 4.78 is 11.8. The Kier molecular flexibility index (Phi) is 2.65. The van der Waals surface area contributed by atoms with Crippen LogP contribution in [-0.4, -0.2) is 6.17 Å². The molecule has 0 aliphatic heterocycles. The van der Waals surface area contributed by atoms with Crippen molar-refractivity contribution in [1.29, 1.82) is 0 Å². The Morgan fingerprint density at radius 1 is 1.71 bits per heavy atom. The maximum atomic E-state index is 11.8. The van der Waals surface area contributed by atoms with Gasteiger partial charge in [0.05, 0.1) is 0 Å². The zero-order valence-electron chi connectivity index (χ0n) is 4.74. The normalized spacial score (nSPS) is 13.1. The first kappa shape index (κ1) is 6.67. The van der Waals surface area contributed by atoms with E-state index in [0.29, 0.717) is 0 Å². The molecule has 0 bridgehead atoms. The Morgan fingerprint density at radius 2 is 2.14 bits per heavy atom. The van der Waals surface area contributed by atoms with Crippen LogP contribution in [0.5, 0.6) is 0 Å². The van der Waals surface area contributed by atoms with Crippen molar-refractivity contribution in [3.8, 4) is 0 Å². The SMILES string of the molecule is [CH2]C(F)C=C(C)C. The summed E-state index contributed by atoms with van der Waals surface area (Å²) in [7, 11) is 0. The van der Waals surface area contributed by atoms with Gasteiger partial charge in [0.1, 0.15) is 6.17 Å². The Balaban J connectivity index is 3.45. The lowest BCUT2D eigenvalue weighted by molar-refractivity contribution is 0.464. The Labute approximate surface area is 44.0 Å². The minimum atomic E-state index is -1.04. The van der Waals surface area contributed by atoms with Gasteiger partial charge < -0.3 is 0 Å². The summed E-state index contributed by atoms with van der Waals surface area (Å²) in [5.41, 5.74) is 0.975. The summed E-state index contributed by atoms with van der Waals surface area (Å²) in [6.45, 7) is 6.83. The quantitative estimate of drug-likeness (QED) is 0.444. The van der Waals surface area contributed by atoms with Gasteiger partial charge in [-0.25, -0.2) is 4.39 Å². The highest BCUT2D eigenvalue weighted by molar-refractivity contribution is 4.98. The molecule has 0 aliphatic carbocycles. The number of hydrogen-bond acceptors (Lipinski definition) is 0. The van der Waals surface area contributed by atoms with Crippen LogP contribution < -0.4 is 0 Å². The Morgan fingerprint density at radius 3 is 2.14 bits per heavy atom. The lowest BCUT2D eigenvalue weighted by Crippen LogP contribution is -1.84. The average Bonchev–Trinajstić information content (AvgIpc) is 1.27. The van der Waals surface area contributed by atoms with E-state index in [-0.39, 0.29) is 0 Å². The van der Waals surface area contributed by atoms with E-state index in [1.54, 1.807) is 0 Å². The monoisotopic (exact) mass is 101 g/mol. The van der Waals surface area contributed by atoms with Crippen LogP contribution in [-0.2, 0) is 0 Å². The second kappa shape index (κ2) is 2.78. The second-order valence-electron chi connectivity index (χ2n) is 1.76. The minimum absolute atomic E-state index is 0.975. The molecule has 0 aromatic carbocycles. The molecule has 1 heteroatoms. The summed E-state index contributed by atoms with van der Waals surface area (Å²) >= 11 is 0. The average molecular weight is 101 g/mol. The van der Waals surface area contributed by atoms with Crippen LogP contribution in [0.1, 0.15) is 13.8 Å². The number of rotatable bonds is 1. The number of allylic oxidation sites excluding steroid dienone is 2. The molecule has 1 radical (unpaired) electrons. The summed E-state index contributed by atoms with van der Waals surface area (Å²) in [6.07, 6.45) is 0.435. The summed E-state index contributed by atoms with van der Waals surface area (Å²) in [4.78, 5) is 0. The third kappa shape index (κ3) is 5.67. The zero-order chi connectivity index (χ0) is 5.86. The number of halogens is 1. The Bertz CT molecular complexity index is 68.2. The topological polar surface area (TPSA) is 0 Å². The maximum Gasteiger partial charge on any atom is 0.119 e. The van der Waals surface area contributed by atoms with Crippen LogP contribution in [0, 0.1) is 6.92 Å². The van der Waals surface area contributed by atoms with Crippen LogP contribution in [0.15, 0.2) is 11.6 Å². The summed E-state index contributed by atoms with van der Waals surface area (Å²) in [5.74, 6) is 0. The van der Waals surface area contributed by atoms with Gasteiger partial charge in [-0.2, -0.15) is 0 Å². The molecule has 0 fully saturated rings. The number of hydrogen-bond donors (Lipinski definition) is 0. The van der Waals surface area contributed by atoms with Crippen molar-refractivity contribution in [2.24, 2.45) is 0 Å². The van der Waals surface area contributed by atoms with E-state index in [2.05, 4.69) is 6.92 Å². The lowest BCUT2D eigenvalue weighted by atomic mass is 10.3. The van der Waals surface area contributed by atoms with E-state index in [4.69, 9.17) is 0 Å². The molecule has 1 atom stereocenters. The predicted molar refractivity (Wildman–Crippen MR) is 29.7 cm³/mol. The number of alkyl halides is 1. The molecule has 0 saturated carbocycles. The van der Waals surface area contributed by atoms with Crippen LogP contribution >= 0.6 is 0 Å². The van der Waals surface area contributed by atoms with Crippen molar-refractivity contribution in [3.63, 3.8) is 0 Å². The van der Waals surface area contributed by atoms with Crippen LogP contribution in [0.2, 0.25) is 0 Å². The van der Waals surface area contributed by atoms with Crippen molar-refractivity contribution in [1.82, 2.24) is 0 Å². The van der Waals surface area contributed by atoms with Gasteiger partial charge in [-0.05, 0) is 20.8 Å². The van der Waals surface area contributed by atoms with Gasteiger partial charge in [-0.3, -0.25) is 0 Å². The second-order valence-corrected chi connectivity index (χ2v) is 1.76. The molecular weight excluding hydrogens is 91.1 g/mol. The van der Waals surface area contributed by atoms with Crippen LogP contribution in [0.25, 0.3) is 0 Å². The fraction of sp³-hybridized carbons (Fsp3) is 0.500. The molecule has 41 valence electrons. The van der Waals surface area contributed by atoms with Gasteiger partial charge in [0.2, 0.25) is 0 Å². The molecule has 0 nitrogen and oxygen atoms in total. The van der Waals surface area contributed by atoms with E-state index in [1.807, 2.05) is 13.8 Å². The van der Waals surface area contributed by atoms with Gasteiger partial charge in [-0.1, -0.05) is 11.6 Å². The van der Waals surface area contributed by atoms with Crippen molar-refractivity contribution in [3.05, 3.63) is 18.6 Å². The largest absolute Gasteiger partial charge is 0.243 e. The van der Waals surface area contributed by atoms with Gasteiger partial charge in [-0.15, -0.1) is 0 Å². The highest BCUT2D eigenvalue weighted by Crippen LogP contribution is 1.95. The molecule has 0 amide bonds. The molecule has 0 aliphatic rings. The first-order valence-electron chi connectivity index (χ1n) is 2.25. The maximum absolute atomic E-state index is 11.8. The first-order valence-corrected chi connectivity index (χ1v) is 2.25. The molecule has 0 heterocycles. The van der Waals surface area contributed by atoms with Crippen LogP contribution in [0.3, 0.4) is 0 Å². The molecule has 0 rings (SSSR count). The molecule has 7 heavy (non-hydrogen) atoms. The molecule has 0 spiro atoms. The van der Waals surface area contributed by atoms with Gasteiger partial charge in [0.25, 0.3) is 0 Å². The van der Waals surface area contributed by atoms with Crippen molar-refractivity contribution >= 4 is 0 Å². The molecular formula is C6H10F. The zero-order valence-corrected chi connectivity index (χ0v) is 4.74. The van der Waals surface area contributed by atoms with Gasteiger partial charge in [0, 0.05) is 0 Å². The fourth-order valence-corrected chi connectivity index (χ4v) is 0.362. The van der Waals surface area contributed by atoms with Gasteiger partial charge in [0.15, 0.2) is 0 Å². The third-order valence-electron chi connectivity index (χ3n) is 0.514.